The Kier molecular flexibility index (Phi) is 30.4. The van der Waals surface area contributed by atoms with Gasteiger partial charge in [-0.3, -0.25) is 28.8 Å². The van der Waals surface area contributed by atoms with E-state index in [-0.39, 0.29) is 51.1 Å². The van der Waals surface area contributed by atoms with Crippen molar-refractivity contribution in [3.05, 3.63) is 156 Å². The Morgan fingerprint density at radius 2 is 0.918 bits per heavy atom. The minimum atomic E-state index is -2.55. The molecule has 0 aromatic heterocycles. The molecule has 2 fully saturated rings. The molecule has 1 aliphatic heterocycles. The van der Waals surface area contributed by atoms with Crippen molar-refractivity contribution in [1.82, 2.24) is 31.9 Å². The van der Waals surface area contributed by atoms with Gasteiger partial charge in [0, 0.05) is 74.2 Å². The second kappa shape index (κ2) is 38.5. The smallest absolute Gasteiger partial charge is 0.364 e. The average Bonchev–Trinajstić information content (AvgIpc) is 0.778. The van der Waals surface area contributed by atoms with E-state index in [2.05, 4.69) is 31.9 Å². The van der Waals surface area contributed by atoms with Crippen LogP contribution in [0.2, 0.25) is 0 Å². The van der Waals surface area contributed by atoms with Crippen LogP contribution in [0.4, 0.5) is 0 Å². The van der Waals surface area contributed by atoms with Crippen LogP contribution in [-0.4, -0.2) is 240 Å². The minimum absolute atomic E-state index is 0.0423. The number of rotatable bonds is 38. The van der Waals surface area contributed by atoms with Crippen molar-refractivity contribution < 1.29 is 104 Å². The molecule has 5 aromatic carbocycles. The van der Waals surface area contributed by atoms with Gasteiger partial charge in [-0.15, -0.1) is 0 Å². The van der Waals surface area contributed by atoms with Crippen molar-refractivity contribution in [3.8, 4) is 22.3 Å². The fourth-order valence-electron chi connectivity index (χ4n) is 11.5. The third-order valence-corrected chi connectivity index (χ3v) is 18.8. The maximum Gasteiger partial charge on any atom is 0.364 e. The first kappa shape index (κ1) is 77.5. The Hall–Kier alpha value is -7.88. The lowest BCUT2D eigenvalue weighted by Gasteiger charge is -2.47. The first-order valence-corrected chi connectivity index (χ1v) is 34.3. The van der Waals surface area contributed by atoms with Crippen LogP contribution in [0, 0.1) is 5.92 Å². The standard InChI is InChI=1S/C69H86N6O21S2/c76-40-57(84)74-59-50(61(86)53(80)38-72-55(82)33-42-13-17-46(18-14-42)44-9-3-1-4-10-44)35-68(66(90)91,36-51(59)78)94-27-7-29-97-31-25-70-64(88)48-21-23-49(24-22-48)65(89)71-26-32-98-30-8-28-95-69(67(92)93)37-52(79)60(75-58(85)41-77)63(96-69)62(87)54(81)39-73-56(83)34-43-15-19-47(20-16-43)45-11-5-2-6-12-45/h1-6,9-24,50-54,59-63,76-81,86-87H,7-8,25-41H2,(H,70,88)(H,71,89)(H,72,82)(H,73,83)(H,74,84)(H,75,85)(H,90,91)(H,92,93)/t50-,51+,52+,53-,54-,59+,60-,61+,62-,63-,68+,69-/m1/s1. The van der Waals surface area contributed by atoms with Crippen molar-refractivity contribution in [1.29, 1.82) is 0 Å². The quantitative estimate of drug-likeness (QED) is 0.0238. The zero-order chi connectivity index (χ0) is 70.8. The van der Waals surface area contributed by atoms with Crippen LogP contribution in [-0.2, 0) is 55.8 Å². The minimum Gasteiger partial charge on any atom is -0.479 e. The molecule has 2 aliphatic rings. The Morgan fingerprint density at radius 1 is 0.490 bits per heavy atom. The van der Waals surface area contributed by atoms with E-state index in [0.717, 1.165) is 22.3 Å². The van der Waals surface area contributed by atoms with Crippen LogP contribution >= 0.6 is 23.5 Å². The molecule has 1 saturated carbocycles. The van der Waals surface area contributed by atoms with E-state index in [1.165, 1.54) is 47.8 Å². The molecule has 12 atom stereocenters. The largest absolute Gasteiger partial charge is 0.479 e. The first-order valence-electron chi connectivity index (χ1n) is 32.0. The summed E-state index contributed by atoms with van der Waals surface area (Å²) in [6.07, 6.45) is -13.5. The first-order chi connectivity index (χ1) is 47.0. The highest BCUT2D eigenvalue weighted by Gasteiger charge is 2.57. The molecule has 1 aliphatic carbocycles. The number of nitrogens with one attached hydrogen (secondary N) is 6. The lowest BCUT2D eigenvalue weighted by atomic mass is 9.70. The van der Waals surface area contributed by atoms with Crippen LogP contribution in [0.3, 0.4) is 0 Å². The van der Waals surface area contributed by atoms with Gasteiger partial charge in [0.1, 0.15) is 25.4 Å². The van der Waals surface area contributed by atoms with E-state index < -0.39 is 165 Å². The van der Waals surface area contributed by atoms with E-state index in [0.29, 0.717) is 46.1 Å². The molecule has 7 rings (SSSR count). The zero-order valence-corrected chi connectivity index (χ0v) is 55.3. The van der Waals surface area contributed by atoms with Crippen molar-refractivity contribution in [3.63, 3.8) is 0 Å². The fourth-order valence-corrected chi connectivity index (χ4v) is 13.0. The van der Waals surface area contributed by atoms with E-state index in [4.69, 9.17) is 14.2 Å². The summed E-state index contributed by atoms with van der Waals surface area (Å²) in [4.78, 5) is 102. The monoisotopic (exact) mass is 1400 g/mol. The van der Waals surface area contributed by atoms with Gasteiger partial charge in [0.25, 0.3) is 17.6 Å². The molecule has 1 heterocycles. The van der Waals surface area contributed by atoms with Gasteiger partial charge in [0.2, 0.25) is 23.6 Å². The van der Waals surface area contributed by atoms with Crippen molar-refractivity contribution in [2.75, 3.05) is 75.6 Å². The Bertz CT molecular complexity index is 3180. The number of carboxylic acid groups (broad SMARTS) is 2. The zero-order valence-electron chi connectivity index (χ0n) is 53.7. The summed E-state index contributed by atoms with van der Waals surface area (Å²) < 4.78 is 17.5. The Labute approximate surface area is 574 Å². The molecule has 98 heavy (non-hydrogen) atoms. The van der Waals surface area contributed by atoms with E-state index in [1.54, 1.807) is 24.3 Å². The number of carbonyl (C=O) groups is 8. The SMILES string of the molecule is O=C(Cc1ccc(-c2ccccc2)cc1)NC[C@@H](O)[C@@H](O)[C@@H]1C[C@@](OCCCSCCNC(=O)c2ccc(C(=O)NCCSCCCO[C@]3(C(=O)O)C[C@H](O)[C@@H](NC(=O)CO)[C@H]([C@H](O)[C@H](O)CNC(=O)Cc4ccc(-c5ccccc5)cc4)O3)cc2)(C(=O)O)C[C@H](O)[C@H]1NC(=O)CO. The van der Waals surface area contributed by atoms with Gasteiger partial charge in [-0.1, -0.05) is 109 Å². The van der Waals surface area contributed by atoms with Crippen LogP contribution in [0.15, 0.2) is 133 Å². The van der Waals surface area contributed by atoms with Gasteiger partial charge in [-0.2, -0.15) is 23.5 Å². The molecule has 0 unspecified atom stereocenters. The highest BCUT2D eigenvalue weighted by atomic mass is 32.2. The summed E-state index contributed by atoms with van der Waals surface area (Å²) in [5.74, 6) is -8.87. The normalized spacial score (nSPS) is 21.8. The highest BCUT2D eigenvalue weighted by Crippen LogP contribution is 2.40. The van der Waals surface area contributed by atoms with E-state index in [9.17, 15) is 89.4 Å². The average molecular weight is 1400 g/mol. The van der Waals surface area contributed by atoms with Crippen molar-refractivity contribution >= 4 is 70.9 Å². The third-order valence-electron chi connectivity index (χ3n) is 16.7. The number of thioether (sulfide) groups is 2. The number of aliphatic hydroxyl groups excluding tert-OH is 8. The van der Waals surface area contributed by atoms with Crippen LogP contribution in [0.25, 0.3) is 22.3 Å². The van der Waals surface area contributed by atoms with Crippen LogP contribution in [0.1, 0.15) is 63.9 Å². The van der Waals surface area contributed by atoms with Crippen LogP contribution < -0.4 is 31.9 Å². The van der Waals surface area contributed by atoms with Crippen molar-refractivity contribution in [2.24, 2.45) is 5.92 Å². The summed E-state index contributed by atoms with van der Waals surface area (Å²) in [6, 6.07) is 37.0. The maximum atomic E-state index is 13.0. The topological polar surface area (TPSA) is 439 Å². The van der Waals surface area contributed by atoms with Gasteiger partial charge in [0.15, 0.2) is 5.60 Å². The predicted octanol–water partition coefficient (Wildman–Crippen LogP) is 0.401. The number of hydrogen-bond acceptors (Lipinski definition) is 21. The van der Waals surface area contributed by atoms with E-state index >= 15 is 0 Å². The van der Waals surface area contributed by atoms with E-state index in [1.807, 2.05) is 84.9 Å². The molecule has 16 N–H and O–H groups in total. The molecular formula is C69H86N6O21S2. The van der Waals surface area contributed by atoms with Gasteiger partial charge < -0.3 is 97.2 Å². The van der Waals surface area contributed by atoms with Gasteiger partial charge >= 0.3 is 11.9 Å². The second-order valence-electron chi connectivity index (χ2n) is 23.8. The molecule has 5 aromatic rings. The van der Waals surface area contributed by atoms with Gasteiger partial charge in [-0.05, 0) is 88.4 Å². The lowest BCUT2D eigenvalue weighted by Crippen LogP contribution is -2.68. The fraction of sp³-hybridized carbons (Fsp3) is 0.449. The summed E-state index contributed by atoms with van der Waals surface area (Å²) in [5.41, 5.74) is 3.77. The molecule has 0 spiro atoms. The molecule has 1 saturated heterocycles. The number of hydrogen-bond donors (Lipinski definition) is 16. The third kappa shape index (κ3) is 22.6. The lowest BCUT2D eigenvalue weighted by molar-refractivity contribution is -0.310. The number of ether oxygens (including phenoxy) is 3. The number of aliphatic hydroxyl groups is 8. The molecule has 530 valence electrons. The predicted molar refractivity (Wildman–Crippen MR) is 361 cm³/mol. The molecule has 27 nitrogen and oxygen atoms in total. The Morgan fingerprint density at radius 3 is 1.37 bits per heavy atom. The number of benzene rings is 5. The number of aliphatic carboxylic acids is 2. The molecule has 0 radical (unpaired) electrons. The molecule has 6 amide bonds. The number of amides is 6. The molecule has 29 heteroatoms. The Balaban J connectivity index is 0.775. The van der Waals surface area contributed by atoms with Crippen molar-refractivity contribution in [2.45, 2.75) is 111 Å². The second-order valence-corrected chi connectivity index (χ2v) is 26.2. The summed E-state index contributed by atoms with van der Waals surface area (Å²) >= 11 is 2.84. The summed E-state index contributed by atoms with van der Waals surface area (Å²) in [7, 11) is 0. The van der Waals surface area contributed by atoms with Crippen LogP contribution in [0.5, 0.6) is 0 Å². The molecule has 0 bridgehead atoms. The number of carbonyl (C=O) groups excluding carboxylic acids is 6. The van der Waals surface area contributed by atoms with Gasteiger partial charge in [-0.25, -0.2) is 9.59 Å². The molecular weight excluding hydrogens is 1310 g/mol. The summed E-state index contributed by atoms with van der Waals surface area (Å²) in [6.45, 7) is -2.79. The maximum absolute atomic E-state index is 13.0. The highest BCUT2D eigenvalue weighted by molar-refractivity contribution is 7.99. The number of carboxylic acids is 2. The summed E-state index contributed by atoms with van der Waals surface area (Å²) in [5, 5.41) is 122. The van der Waals surface area contributed by atoms with Gasteiger partial charge in [0.05, 0.1) is 62.1 Å².